The normalized spacial score (nSPS) is 14.5. The lowest BCUT2D eigenvalue weighted by Crippen LogP contribution is -2.45. The zero-order chi connectivity index (χ0) is 22.8. The molecule has 3 rings (SSSR count). The summed E-state index contributed by atoms with van der Waals surface area (Å²) >= 11 is 0. The standard InChI is InChI=1S/C25H33N3O4/c1-31-22-13-9-19(10-14-22)26-24(29)17-28(21-7-5-3-4-6-8-21)18-25(30)27-20-11-15-23(32-2)16-12-20/h9-16,21H,3-8,17-18H2,1-2H3,(H,26,29)(H,27,30). The summed E-state index contributed by atoms with van der Waals surface area (Å²) in [4.78, 5) is 27.6. The van der Waals surface area contributed by atoms with Gasteiger partial charge in [0.1, 0.15) is 11.5 Å². The maximum atomic E-state index is 12.8. The molecule has 0 aromatic heterocycles. The third-order valence-corrected chi connectivity index (χ3v) is 5.78. The van der Waals surface area contributed by atoms with E-state index in [2.05, 4.69) is 10.6 Å². The lowest BCUT2D eigenvalue weighted by Gasteiger charge is -2.30. The number of rotatable bonds is 9. The number of nitrogens with zero attached hydrogens (tertiary/aromatic N) is 1. The summed E-state index contributed by atoms with van der Waals surface area (Å²) in [7, 11) is 3.21. The number of anilines is 2. The first-order valence-electron chi connectivity index (χ1n) is 11.2. The van der Waals surface area contributed by atoms with Crippen LogP contribution in [0.25, 0.3) is 0 Å². The van der Waals surface area contributed by atoms with Crippen LogP contribution in [0.15, 0.2) is 48.5 Å². The van der Waals surface area contributed by atoms with Gasteiger partial charge in [-0.15, -0.1) is 0 Å². The van der Waals surface area contributed by atoms with Gasteiger partial charge in [-0.05, 0) is 61.4 Å². The van der Waals surface area contributed by atoms with E-state index in [1.165, 1.54) is 12.8 Å². The number of hydrogen-bond donors (Lipinski definition) is 2. The molecule has 0 aliphatic heterocycles. The van der Waals surface area contributed by atoms with E-state index in [4.69, 9.17) is 9.47 Å². The molecule has 2 N–H and O–H groups in total. The van der Waals surface area contributed by atoms with E-state index in [9.17, 15) is 9.59 Å². The molecule has 172 valence electrons. The molecule has 0 radical (unpaired) electrons. The Morgan fingerprint density at radius 1 is 0.750 bits per heavy atom. The van der Waals surface area contributed by atoms with E-state index in [0.717, 1.165) is 37.2 Å². The first-order chi connectivity index (χ1) is 15.6. The van der Waals surface area contributed by atoms with Crippen LogP contribution in [-0.4, -0.2) is 50.1 Å². The highest BCUT2D eigenvalue weighted by Crippen LogP contribution is 2.23. The molecular weight excluding hydrogens is 406 g/mol. The predicted octanol–water partition coefficient (Wildman–Crippen LogP) is 4.31. The second kappa shape index (κ2) is 12.1. The number of hydrogen-bond acceptors (Lipinski definition) is 5. The quantitative estimate of drug-likeness (QED) is 0.570. The summed E-state index contributed by atoms with van der Waals surface area (Å²) in [5.74, 6) is 1.21. The Balaban J connectivity index is 1.63. The minimum Gasteiger partial charge on any atom is -0.497 e. The fraction of sp³-hybridized carbons (Fsp3) is 0.440. The van der Waals surface area contributed by atoms with E-state index in [0.29, 0.717) is 11.4 Å². The zero-order valence-electron chi connectivity index (χ0n) is 18.9. The second-order valence-corrected chi connectivity index (χ2v) is 8.10. The Kier molecular flexibility index (Phi) is 8.92. The number of carbonyl (C=O) groups excluding carboxylic acids is 2. The molecule has 2 amide bonds. The molecule has 1 saturated carbocycles. The first kappa shape index (κ1) is 23.6. The van der Waals surface area contributed by atoms with Gasteiger partial charge in [0, 0.05) is 17.4 Å². The summed E-state index contributed by atoms with van der Waals surface area (Å²) in [5, 5.41) is 5.86. The van der Waals surface area contributed by atoms with E-state index in [1.54, 1.807) is 38.5 Å². The van der Waals surface area contributed by atoms with Gasteiger partial charge in [-0.3, -0.25) is 14.5 Å². The number of ether oxygens (including phenoxy) is 2. The lowest BCUT2D eigenvalue weighted by molar-refractivity contribution is -0.121. The highest BCUT2D eigenvalue weighted by molar-refractivity contribution is 5.94. The summed E-state index contributed by atoms with van der Waals surface area (Å²) < 4.78 is 10.3. The van der Waals surface area contributed by atoms with E-state index < -0.39 is 0 Å². The fourth-order valence-corrected chi connectivity index (χ4v) is 4.06. The molecule has 0 heterocycles. The molecule has 0 spiro atoms. The number of methoxy groups -OCH3 is 2. The van der Waals surface area contributed by atoms with Gasteiger partial charge in [0.25, 0.3) is 0 Å². The maximum Gasteiger partial charge on any atom is 0.238 e. The molecule has 0 unspecified atom stereocenters. The van der Waals surface area contributed by atoms with Gasteiger partial charge in [-0.2, -0.15) is 0 Å². The van der Waals surface area contributed by atoms with Crippen LogP contribution >= 0.6 is 0 Å². The van der Waals surface area contributed by atoms with Crippen molar-refractivity contribution in [1.29, 1.82) is 0 Å². The highest BCUT2D eigenvalue weighted by Gasteiger charge is 2.24. The molecule has 32 heavy (non-hydrogen) atoms. The van der Waals surface area contributed by atoms with Crippen LogP contribution in [-0.2, 0) is 9.59 Å². The van der Waals surface area contributed by atoms with Crippen LogP contribution in [0.4, 0.5) is 11.4 Å². The van der Waals surface area contributed by atoms with Gasteiger partial charge in [0.2, 0.25) is 11.8 Å². The smallest absolute Gasteiger partial charge is 0.238 e. The molecule has 7 heteroatoms. The average Bonchev–Trinajstić information content (AvgIpc) is 3.09. The molecule has 1 aliphatic carbocycles. The van der Waals surface area contributed by atoms with Gasteiger partial charge in [-0.25, -0.2) is 0 Å². The fourth-order valence-electron chi connectivity index (χ4n) is 4.06. The SMILES string of the molecule is COc1ccc(NC(=O)CN(CC(=O)Nc2ccc(OC)cc2)C2CCCCCC2)cc1. The van der Waals surface area contributed by atoms with Crippen molar-refractivity contribution in [3.8, 4) is 11.5 Å². The monoisotopic (exact) mass is 439 g/mol. The minimum absolute atomic E-state index is 0.128. The van der Waals surface area contributed by atoms with E-state index in [-0.39, 0.29) is 30.9 Å². The Hall–Kier alpha value is -3.06. The van der Waals surface area contributed by atoms with Crippen LogP contribution in [0.5, 0.6) is 11.5 Å². The Bertz CT molecular complexity index is 796. The van der Waals surface area contributed by atoms with Crippen LogP contribution < -0.4 is 20.1 Å². The average molecular weight is 440 g/mol. The Labute approximate surface area is 190 Å². The third kappa shape index (κ3) is 7.27. The van der Waals surface area contributed by atoms with Crippen LogP contribution in [0.2, 0.25) is 0 Å². The van der Waals surface area contributed by atoms with E-state index in [1.807, 2.05) is 29.2 Å². The summed E-state index contributed by atoms with van der Waals surface area (Å²) in [6.07, 6.45) is 6.68. The van der Waals surface area contributed by atoms with Gasteiger partial charge in [0.15, 0.2) is 0 Å². The topological polar surface area (TPSA) is 79.9 Å². The molecule has 2 aromatic rings. The summed E-state index contributed by atoms with van der Waals surface area (Å²) in [5.41, 5.74) is 1.42. The van der Waals surface area contributed by atoms with E-state index >= 15 is 0 Å². The maximum absolute atomic E-state index is 12.8. The molecule has 0 saturated heterocycles. The van der Waals surface area contributed by atoms with Crippen molar-refractivity contribution in [2.75, 3.05) is 37.9 Å². The Morgan fingerprint density at radius 2 is 1.16 bits per heavy atom. The molecule has 2 aromatic carbocycles. The largest absolute Gasteiger partial charge is 0.497 e. The van der Waals surface area contributed by atoms with Gasteiger partial charge < -0.3 is 20.1 Å². The summed E-state index contributed by atoms with van der Waals surface area (Å²) in [6, 6.07) is 14.7. The Morgan fingerprint density at radius 3 is 1.53 bits per heavy atom. The van der Waals surface area contributed by atoms with Gasteiger partial charge >= 0.3 is 0 Å². The molecule has 0 bridgehead atoms. The highest BCUT2D eigenvalue weighted by atomic mass is 16.5. The van der Waals surface area contributed by atoms with Crippen molar-refractivity contribution in [3.05, 3.63) is 48.5 Å². The van der Waals surface area contributed by atoms with Crippen molar-refractivity contribution in [2.45, 2.75) is 44.6 Å². The van der Waals surface area contributed by atoms with Gasteiger partial charge in [0.05, 0.1) is 27.3 Å². The molecule has 1 aliphatic rings. The second-order valence-electron chi connectivity index (χ2n) is 8.10. The third-order valence-electron chi connectivity index (χ3n) is 5.78. The van der Waals surface area contributed by atoms with Crippen LogP contribution in [0, 0.1) is 0 Å². The van der Waals surface area contributed by atoms with Crippen molar-refractivity contribution in [2.24, 2.45) is 0 Å². The molecule has 0 atom stereocenters. The number of nitrogens with one attached hydrogen (secondary N) is 2. The predicted molar refractivity (Wildman–Crippen MR) is 126 cm³/mol. The number of amides is 2. The van der Waals surface area contributed by atoms with Crippen molar-refractivity contribution in [3.63, 3.8) is 0 Å². The number of carbonyl (C=O) groups is 2. The van der Waals surface area contributed by atoms with Crippen LogP contribution in [0.1, 0.15) is 38.5 Å². The van der Waals surface area contributed by atoms with Crippen molar-refractivity contribution in [1.82, 2.24) is 4.90 Å². The first-order valence-corrected chi connectivity index (χ1v) is 11.2. The molecular formula is C25H33N3O4. The molecule has 7 nitrogen and oxygen atoms in total. The van der Waals surface area contributed by atoms with Crippen molar-refractivity contribution >= 4 is 23.2 Å². The van der Waals surface area contributed by atoms with Crippen LogP contribution in [0.3, 0.4) is 0 Å². The lowest BCUT2D eigenvalue weighted by atomic mass is 10.1. The number of benzene rings is 2. The minimum atomic E-state index is -0.128. The zero-order valence-corrected chi connectivity index (χ0v) is 18.9. The molecule has 1 fully saturated rings. The van der Waals surface area contributed by atoms with Gasteiger partial charge in [-0.1, -0.05) is 25.7 Å². The summed E-state index contributed by atoms with van der Waals surface area (Å²) in [6.45, 7) is 0.347. The van der Waals surface area contributed by atoms with Crippen molar-refractivity contribution < 1.29 is 19.1 Å².